The molecule has 142 valence electrons. The molecule has 7 heteroatoms. The molecule has 0 aromatic rings. The molecule has 0 aromatic heterocycles. The van der Waals surface area contributed by atoms with Crippen LogP contribution < -0.4 is 5.32 Å². The van der Waals surface area contributed by atoms with E-state index in [1.165, 1.54) is 0 Å². The van der Waals surface area contributed by atoms with E-state index < -0.39 is 32.2 Å². The van der Waals surface area contributed by atoms with Crippen LogP contribution in [-0.2, 0) is 13.9 Å². The molecule has 1 saturated heterocycles. The fourth-order valence-corrected chi connectivity index (χ4v) is 3.12. The van der Waals surface area contributed by atoms with Crippen LogP contribution in [-0.4, -0.2) is 56.6 Å². The lowest BCUT2D eigenvalue weighted by atomic mass is 10.0. The molecule has 1 rings (SSSR count). The summed E-state index contributed by atoms with van der Waals surface area (Å²) in [5.41, 5.74) is -0.565. The number of nitrogens with one attached hydrogen (secondary N) is 1. The third-order valence-corrected chi connectivity index (χ3v) is 9.12. The Kier molecular flexibility index (Phi) is 6.89. The average Bonchev–Trinajstić information content (AvgIpc) is 2.36. The van der Waals surface area contributed by atoms with E-state index in [-0.39, 0.29) is 17.7 Å². The van der Waals surface area contributed by atoms with Crippen molar-refractivity contribution in [2.75, 3.05) is 13.2 Å². The normalized spacial score (nSPS) is 26.1. The summed E-state index contributed by atoms with van der Waals surface area (Å²) in [7, 11) is -1.83. The van der Waals surface area contributed by atoms with Crippen LogP contribution in [0.1, 0.15) is 48.0 Å². The van der Waals surface area contributed by atoms with Crippen molar-refractivity contribution < 1.29 is 23.8 Å². The van der Waals surface area contributed by atoms with Gasteiger partial charge in [0.2, 0.25) is 0 Å². The van der Waals surface area contributed by atoms with Gasteiger partial charge in [-0.3, -0.25) is 0 Å². The van der Waals surface area contributed by atoms with Crippen LogP contribution in [0.25, 0.3) is 0 Å². The molecule has 0 aromatic carbocycles. The first-order valence-corrected chi connectivity index (χ1v) is 11.6. The molecule has 1 aliphatic heterocycles. The van der Waals surface area contributed by atoms with Gasteiger partial charge in [-0.25, -0.2) is 4.79 Å². The van der Waals surface area contributed by atoms with Crippen molar-refractivity contribution in [3.8, 4) is 0 Å². The number of hydrogen-bond donors (Lipinski definition) is 2. The molecule has 0 spiro atoms. The van der Waals surface area contributed by atoms with Gasteiger partial charge in [0, 0.05) is 6.42 Å². The molecule has 1 amide bonds. The van der Waals surface area contributed by atoms with Crippen molar-refractivity contribution in [3.63, 3.8) is 0 Å². The Hall–Kier alpha value is -0.633. The topological polar surface area (TPSA) is 77.0 Å². The Morgan fingerprint density at radius 2 is 1.83 bits per heavy atom. The molecule has 0 radical (unpaired) electrons. The lowest BCUT2D eigenvalue weighted by Gasteiger charge is -2.39. The summed E-state index contributed by atoms with van der Waals surface area (Å²) in [4.78, 5) is 11.8. The van der Waals surface area contributed by atoms with E-state index >= 15 is 0 Å². The SMILES string of the molecule is CC(C)(C)OC(=O)N[C@H]1CO[C@H](CO[Si](C)(C)C(C)(C)C)C[C@@H]1O. The van der Waals surface area contributed by atoms with Gasteiger partial charge < -0.3 is 24.3 Å². The molecule has 1 aliphatic rings. The molecule has 0 unspecified atom stereocenters. The first-order chi connectivity index (χ1) is 10.7. The number of amides is 1. The summed E-state index contributed by atoms with van der Waals surface area (Å²) >= 11 is 0. The van der Waals surface area contributed by atoms with Gasteiger partial charge in [-0.1, -0.05) is 20.8 Å². The van der Waals surface area contributed by atoms with Crippen molar-refractivity contribution in [2.24, 2.45) is 0 Å². The summed E-state index contributed by atoms with van der Waals surface area (Å²) in [5.74, 6) is 0. The third kappa shape index (κ3) is 6.70. The number of carbonyl (C=O) groups excluding carboxylic acids is 1. The summed E-state index contributed by atoms with van der Waals surface area (Å²) in [6, 6.07) is -0.455. The highest BCUT2D eigenvalue weighted by Crippen LogP contribution is 2.36. The largest absolute Gasteiger partial charge is 0.444 e. The molecule has 6 nitrogen and oxygen atoms in total. The number of ether oxygens (including phenoxy) is 2. The van der Waals surface area contributed by atoms with Crippen LogP contribution >= 0.6 is 0 Å². The van der Waals surface area contributed by atoms with Crippen molar-refractivity contribution in [1.82, 2.24) is 5.32 Å². The molecule has 0 bridgehead atoms. The lowest BCUT2D eigenvalue weighted by molar-refractivity contribution is -0.0817. The number of aliphatic hydroxyl groups is 1. The first-order valence-electron chi connectivity index (χ1n) is 8.64. The average molecular weight is 362 g/mol. The van der Waals surface area contributed by atoms with Gasteiger partial charge in [-0.15, -0.1) is 0 Å². The van der Waals surface area contributed by atoms with Gasteiger partial charge in [0.1, 0.15) is 5.60 Å². The molecule has 3 atom stereocenters. The van der Waals surface area contributed by atoms with Crippen LogP contribution in [0, 0.1) is 0 Å². The molecular formula is C17H35NO5Si. The maximum atomic E-state index is 11.8. The minimum absolute atomic E-state index is 0.140. The zero-order valence-corrected chi connectivity index (χ0v) is 17.4. The quantitative estimate of drug-likeness (QED) is 0.753. The zero-order chi connectivity index (χ0) is 18.8. The van der Waals surface area contributed by atoms with E-state index in [1.54, 1.807) is 20.8 Å². The fraction of sp³-hybridized carbons (Fsp3) is 0.941. The number of carbonyl (C=O) groups is 1. The molecular weight excluding hydrogens is 326 g/mol. The Morgan fingerprint density at radius 3 is 2.29 bits per heavy atom. The second-order valence-electron chi connectivity index (χ2n) is 9.08. The summed E-state index contributed by atoms with van der Waals surface area (Å²) < 4.78 is 17.1. The van der Waals surface area contributed by atoms with Crippen LogP contribution in [0.4, 0.5) is 4.79 Å². The molecule has 0 saturated carbocycles. The van der Waals surface area contributed by atoms with E-state index in [4.69, 9.17) is 13.9 Å². The van der Waals surface area contributed by atoms with Gasteiger partial charge in [0.15, 0.2) is 8.32 Å². The second-order valence-corrected chi connectivity index (χ2v) is 13.9. The summed E-state index contributed by atoms with van der Waals surface area (Å²) in [5, 5.41) is 13.1. The van der Waals surface area contributed by atoms with Gasteiger partial charge in [0.25, 0.3) is 0 Å². The molecule has 1 heterocycles. The van der Waals surface area contributed by atoms with E-state index in [0.717, 1.165) is 0 Å². The zero-order valence-electron chi connectivity index (χ0n) is 16.4. The van der Waals surface area contributed by atoms with Crippen LogP contribution in [0.15, 0.2) is 0 Å². The second kappa shape index (κ2) is 7.72. The van der Waals surface area contributed by atoms with Crippen molar-refractivity contribution >= 4 is 14.4 Å². The number of aliphatic hydroxyl groups excluding tert-OH is 1. The van der Waals surface area contributed by atoms with Gasteiger partial charge >= 0.3 is 6.09 Å². The van der Waals surface area contributed by atoms with Crippen molar-refractivity contribution in [1.29, 1.82) is 0 Å². The number of alkyl carbamates (subject to hydrolysis) is 1. The van der Waals surface area contributed by atoms with E-state index in [1.807, 2.05) is 0 Å². The Morgan fingerprint density at radius 1 is 1.25 bits per heavy atom. The summed E-state index contributed by atoms with van der Waals surface area (Å²) in [6.45, 7) is 17.1. The Labute approximate surface area is 147 Å². The Bertz CT molecular complexity index is 428. The minimum Gasteiger partial charge on any atom is -0.444 e. The van der Waals surface area contributed by atoms with E-state index in [0.29, 0.717) is 13.0 Å². The highest BCUT2D eigenvalue weighted by molar-refractivity contribution is 6.74. The third-order valence-electron chi connectivity index (χ3n) is 4.62. The standard InChI is InChI=1S/C17H35NO5Si/c1-16(2,3)23-15(20)18-13-11-21-12(9-14(13)19)10-22-24(7,8)17(4,5)6/h12-14,19H,9-11H2,1-8H3,(H,18,20)/t12-,13-,14-/m0/s1. The maximum Gasteiger partial charge on any atom is 0.408 e. The molecule has 2 N–H and O–H groups in total. The molecule has 1 fully saturated rings. The lowest BCUT2D eigenvalue weighted by Crippen LogP contribution is -2.54. The Balaban J connectivity index is 2.45. The smallest absolute Gasteiger partial charge is 0.408 e. The van der Waals surface area contributed by atoms with E-state index in [9.17, 15) is 9.90 Å². The maximum absolute atomic E-state index is 11.8. The summed E-state index contributed by atoms with van der Waals surface area (Å²) in [6.07, 6.45) is -0.911. The van der Waals surface area contributed by atoms with Crippen LogP contribution in [0.5, 0.6) is 0 Å². The van der Waals surface area contributed by atoms with Gasteiger partial charge in [-0.05, 0) is 38.9 Å². The highest BCUT2D eigenvalue weighted by atomic mass is 28.4. The molecule has 0 aliphatic carbocycles. The molecule has 24 heavy (non-hydrogen) atoms. The van der Waals surface area contributed by atoms with Crippen molar-refractivity contribution in [3.05, 3.63) is 0 Å². The highest BCUT2D eigenvalue weighted by Gasteiger charge is 2.39. The van der Waals surface area contributed by atoms with E-state index in [2.05, 4.69) is 39.2 Å². The van der Waals surface area contributed by atoms with Gasteiger partial charge in [-0.2, -0.15) is 0 Å². The van der Waals surface area contributed by atoms with Crippen molar-refractivity contribution in [2.45, 2.75) is 89.9 Å². The van der Waals surface area contributed by atoms with Crippen LogP contribution in [0.2, 0.25) is 18.1 Å². The predicted molar refractivity (Wildman–Crippen MR) is 96.7 cm³/mol. The number of rotatable bonds is 4. The predicted octanol–water partition coefficient (Wildman–Crippen LogP) is 3.05. The number of hydrogen-bond acceptors (Lipinski definition) is 5. The fourth-order valence-electron chi connectivity index (χ4n) is 2.08. The van der Waals surface area contributed by atoms with Gasteiger partial charge in [0.05, 0.1) is 31.5 Å². The minimum atomic E-state index is -1.83. The first kappa shape index (κ1) is 21.4. The van der Waals surface area contributed by atoms with Crippen LogP contribution in [0.3, 0.4) is 0 Å². The monoisotopic (exact) mass is 361 g/mol.